The zero-order chi connectivity index (χ0) is 20.8. The SMILES string of the molecule is CC[C@@H](Oc1cccc2ccccc12)C(=O)N[C@@H](C)c1ccc(OC)c(OC)c1. The minimum atomic E-state index is -0.580. The van der Waals surface area contributed by atoms with Gasteiger partial charge in [0.1, 0.15) is 5.75 Å². The lowest BCUT2D eigenvalue weighted by Crippen LogP contribution is -2.39. The van der Waals surface area contributed by atoms with Gasteiger partial charge < -0.3 is 19.5 Å². The van der Waals surface area contributed by atoms with Crippen molar-refractivity contribution in [1.82, 2.24) is 5.32 Å². The number of nitrogens with one attached hydrogen (secondary N) is 1. The summed E-state index contributed by atoms with van der Waals surface area (Å²) < 4.78 is 16.7. The molecule has 1 amide bonds. The predicted octanol–water partition coefficient (Wildman–Crippen LogP) is 4.89. The highest BCUT2D eigenvalue weighted by molar-refractivity contribution is 5.89. The Labute approximate surface area is 171 Å². The van der Waals surface area contributed by atoms with Crippen molar-refractivity contribution in [2.75, 3.05) is 14.2 Å². The quantitative estimate of drug-likeness (QED) is 0.592. The number of amides is 1. The molecular formula is C24H27NO4. The number of hydrogen-bond acceptors (Lipinski definition) is 4. The molecule has 5 nitrogen and oxygen atoms in total. The second kappa shape index (κ2) is 9.32. The molecule has 0 saturated carbocycles. The lowest BCUT2D eigenvalue weighted by molar-refractivity contribution is -0.128. The molecule has 0 spiro atoms. The van der Waals surface area contributed by atoms with Gasteiger partial charge in [-0.3, -0.25) is 4.79 Å². The molecule has 0 aliphatic rings. The van der Waals surface area contributed by atoms with E-state index in [1.165, 1.54) is 0 Å². The zero-order valence-corrected chi connectivity index (χ0v) is 17.3. The fraction of sp³-hybridized carbons (Fsp3) is 0.292. The van der Waals surface area contributed by atoms with Crippen molar-refractivity contribution in [2.45, 2.75) is 32.4 Å². The van der Waals surface area contributed by atoms with Crippen molar-refractivity contribution in [2.24, 2.45) is 0 Å². The van der Waals surface area contributed by atoms with E-state index in [0.29, 0.717) is 23.7 Å². The van der Waals surface area contributed by atoms with Gasteiger partial charge in [-0.05, 0) is 42.5 Å². The first kappa shape index (κ1) is 20.5. The van der Waals surface area contributed by atoms with Gasteiger partial charge in [-0.1, -0.05) is 49.4 Å². The topological polar surface area (TPSA) is 56.8 Å². The maximum atomic E-state index is 12.9. The Kier molecular flexibility index (Phi) is 6.60. The number of carbonyl (C=O) groups is 1. The average Bonchev–Trinajstić information content (AvgIpc) is 2.76. The molecule has 0 bridgehead atoms. The molecule has 5 heteroatoms. The van der Waals surface area contributed by atoms with Crippen LogP contribution in [-0.2, 0) is 4.79 Å². The van der Waals surface area contributed by atoms with Gasteiger partial charge in [0.15, 0.2) is 17.6 Å². The van der Waals surface area contributed by atoms with Crippen LogP contribution < -0.4 is 19.5 Å². The van der Waals surface area contributed by atoms with Gasteiger partial charge in [0.2, 0.25) is 0 Å². The van der Waals surface area contributed by atoms with Crippen LogP contribution in [0.2, 0.25) is 0 Å². The van der Waals surface area contributed by atoms with Gasteiger partial charge in [0.05, 0.1) is 20.3 Å². The molecule has 0 heterocycles. The van der Waals surface area contributed by atoms with E-state index in [-0.39, 0.29) is 11.9 Å². The van der Waals surface area contributed by atoms with E-state index in [9.17, 15) is 4.79 Å². The molecule has 0 radical (unpaired) electrons. The van der Waals surface area contributed by atoms with E-state index in [1.807, 2.05) is 74.5 Å². The first-order valence-corrected chi connectivity index (χ1v) is 9.74. The highest BCUT2D eigenvalue weighted by Gasteiger charge is 2.22. The smallest absolute Gasteiger partial charge is 0.261 e. The van der Waals surface area contributed by atoms with Gasteiger partial charge in [0, 0.05) is 5.39 Å². The molecule has 0 unspecified atom stereocenters. The number of rotatable bonds is 8. The van der Waals surface area contributed by atoms with Crippen molar-refractivity contribution in [1.29, 1.82) is 0 Å². The molecule has 0 saturated heterocycles. The second-order valence-corrected chi connectivity index (χ2v) is 6.84. The number of fused-ring (bicyclic) bond motifs is 1. The predicted molar refractivity (Wildman–Crippen MR) is 115 cm³/mol. The highest BCUT2D eigenvalue weighted by atomic mass is 16.5. The third kappa shape index (κ3) is 4.62. The Morgan fingerprint density at radius 1 is 0.931 bits per heavy atom. The second-order valence-electron chi connectivity index (χ2n) is 6.84. The van der Waals surface area contributed by atoms with E-state index < -0.39 is 6.10 Å². The summed E-state index contributed by atoms with van der Waals surface area (Å²) in [4.78, 5) is 12.9. The van der Waals surface area contributed by atoms with E-state index in [0.717, 1.165) is 16.3 Å². The summed E-state index contributed by atoms with van der Waals surface area (Å²) >= 11 is 0. The van der Waals surface area contributed by atoms with Crippen LogP contribution in [0.1, 0.15) is 31.9 Å². The van der Waals surface area contributed by atoms with Crippen LogP contribution in [-0.4, -0.2) is 26.2 Å². The number of methoxy groups -OCH3 is 2. The Balaban J connectivity index is 1.74. The van der Waals surface area contributed by atoms with Crippen molar-refractivity contribution < 1.29 is 19.0 Å². The molecule has 0 fully saturated rings. The Morgan fingerprint density at radius 2 is 1.66 bits per heavy atom. The molecule has 1 N–H and O–H groups in total. The van der Waals surface area contributed by atoms with Gasteiger partial charge in [-0.2, -0.15) is 0 Å². The molecule has 0 aromatic heterocycles. The monoisotopic (exact) mass is 393 g/mol. The van der Waals surface area contributed by atoms with Crippen LogP contribution in [0.5, 0.6) is 17.2 Å². The molecule has 2 atom stereocenters. The molecule has 3 rings (SSSR count). The third-order valence-corrected chi connectivity index (χ3v) is 4.95. The van der Waals surface area contributed by atoms with Crippen LogP contribution in [0.15, 0.2) is 60.7 Å². The summed E-state index contributed by atoms with van der Waals surface area (Å²) in [6, 6.07) is 19.3. The molecular weight excluding hydrogens is 366 g/mol. The zero-order valence-electron chi connectivity index (χ0n) is 17.3. The first-order valence-electron chi connectivity index (χ1n) is 9.74. The number of benzene rings is 3. The maximum Gasteiger partial charge on any atom is 0.261 e. The summed E-state index contributed by atoms with van der Waals surface area (Å²) in [6.07, 6.45) is -0.0170. The number of ether oxygens (including phenoxy) is 3. The van der Waals surface area contributed by atoms with Crippen LogP contribution in [0.4, 0.5) is 0 Å². The van der Waals surface area contributed by atoms with Crippen molar-refractivity contribution in [3.8, 4) is 17.2 Å². The van der Waals surface area contributed by atoms with Crippen LogP contribution in [0.3, 0.4) is 0 Å². The summed E-state index contributed by atoms with van der Waals surface area (Å²) in [5.41, 5.74) is 0.927. The summed E-state index contributed by atoms with van der Waals surface area (Å²) in [5.74, 6) is 1.84. The maximum absolute atomic E-state index is 12.9. The van der Waals surface area contributed by atoms with E-state index in [2.05, 4.69) is 5.32 Å². The van der Waals surface area contributed by atoms with Crippen molar-refractivity contribution >= 4 is 16.7 Å². The number of carbonyl (C=O) groups excluding carboxylic acids is 1. The van der Waals surface area contributed by atoms with Crippen LogP contribution in [0, 0.1) is 0 Å². The summed E-state index contributed by atoms with van der Waals surface area (Å²) in [7, 11) is 3.19. The van der Waals surface area contributed by atoms with Crippen molar-refractivity contribution in [3.05, 3.63) is 66.2 Å². The molecule has 0 aliphatic heterocycles. The lowest BCUT2D eigenvalue weighted by Gasteiger charge is -2.22. The van der Waals surface area contributed by atoms with Crippen molar-refractivity contribution in [3.63, 3.8) is 0 Å². The van der Waals surface area contributed by atoms with Gasteiger partial charge in [-0.25, -0.2) is 0 Å². The van der Waals surface area contributed by atoms with Gasteiger partial charge in [-0.15, -0.1) is 0 Å². The molecule has 3 aromatic carbocycles. The first-order chi connectivity index (χ1) is 14.1. The van der Waals surface area contributed by atoms with Crippen LogP contribution >= 0.6 is 0 Å². The van der Waals surface area contributed by atoms with E-state index in [1.54, 1.807) is 14.2 Å². The van der Waals surface area contributed by atoms with Gasteiger partial charge >= 0.3 is 0 Å². The number of hydrogen-bond donors (Lipinski definition) is 1. The lowest BCUT2D eigenvalue weighted by atomic mass is 10.1. The molecule has 0 aliphatic carbocycles. The molecule has 152 valence electrons. The Morgan fingerprint density at radius 3 is 2.38 bits per heavy atom. The molecule has 3 aromatic rings. The minimum absolute atomic E-state index is 0.150. The fourth-order valence-electron chi connectivity index (χ4n) is 3.29. The van der Waals surface area contributed by atoms with Gasteiger partial charge in [0.25, 0.3) is 5.91 Å². The highest BCUT2D eigenvalue weighted by Crippen LogP contribution is 2.30. The van der Waals surface area contributed by atoms with E-state index >= 15 is 0 Å². The summed E-state index contributed by atoms with van der Waals surface area (Å²) in [6.45, 7) is 3.88. The third-order valence-electron chi connectivity index (χ3n) is 4.95. The summed E-state index contributed by atoms with van der Waals surface area (Å²) in [5, 5.41) is 5.12. The molecule has 29 heavy (non-hydrogen) atoms. The largest absolute Gasteiger partial charge is 0.493 e. The van der Waals surface area contributed by atoms with E-state index in [4.69, 9.17) is 14.2 Å². The Bertz CT molecular complexity index is 980. The minimum Gasteiger partial charge on any atom is -0.493 e. The normalized spacial score (nSPS) is 12.8. The standard InChI is InChI=1S/C24H27NO4/c1-5-20(29-21-12-8-10-17-9-6-7-11-19(17)21)24(26)25-16(2)18-13-14-22(27-3)23(15-18)28-4/h6-16,20H,5H2,1-4H3,(H,25,26)/t16-,20+/m0/s1. The fourth-order valence-corrected chi connectivity index (χ4v) is 3.29. The Hall–Kier alpha value is -3.21. The van der Waals surface area contributed by atoms with Crippen LogP contribution in [0.25, 0.3) is 10.8 Å². The average molecular weight is 393 g/mol.